The maximum absolute atomic E-state index is 2.40. The third-order valence-corrected chi connectivity index (χ3v) is 2.96. The monoisotopic (exact) mass is 494 g/mol. The minimum atomic E-state index is 0.440. The summed E-state index contributed by atoms with van der Waals surface area (Å²) >= 11 is 5.24. The first kappa shape index (κ1) is 14.8. The fourth-order valence-corrected chi connectivity index (χ4v) is 2.20. The molecule has 0 N–H and O–H groups in total. The first-order chi connectivity index (χ1) is 8.86. The van der Waals surface area contributed by atoms with Crippen molar-refractivity contribution in [2.45, 2.75) is 5.92 Å². The number of hydrogen-bond donors (Lipinski definition) is 0. The molecule has 0 spiro atoms. The van der Waals surface area contributed by atoms with Gasteiger partial charge in [-0.25, -0.2) is 0 Å². The standard InChI is InChI=1S/C15H12.2HI.Ti/c1-2-6-12(7-3-1)15-11-10-13-8-4-5-9-14(13)15;;;/h1-11,15H;2*1H;/q;;;+2/p-2. The fourth-order valence-electron chi connectivity index (χ4n) is 2.20. The molecule has 1 aliphatic rings. The molecule has 0 amide bonds. The van der Waals surface area contributed by atoms with Crippen LogP contribution in [0.1, 0.15) is 22.6 Å². The van der Waals surface area contributed by atoms with Crippen molar-refractivity contribution >= 4 is 44.5 Å². The van der Waals surface area contributed by atoms with Gasteiger partial charge in [0, 0.05) is 5.92 Å². The zero-order valence-electron chi connectivity index (χ0n) is 9.68. The molecule has 3 rings (SSSR count). The van der Waals surface area contributed by atoms with E-state index in [9.17, 15) is 0 Å². The van der Waals surface area contributed by atoms with E-state index in [0.29, 0.717) is 17.6 Å². The SMILES string of the molecule is C1=CC(c2ccccc2)c2ccccc21.[I][Ti][I]. The van der Waals surface area contributed by atoms with E-state index in [2.05, 4.69) is 105 Å². The Bertz CT molecular complexity index is 523. The van der Waals surface area contributed by atoms with Crippen LogP contribution >= 0.6 is 38.4 Å². The summed E-state index contributed by atoms with van der Waals surface area (Å²) in [7, 11) is 0. The molecular weight excluding hydrogens is 482 g/mol. The van der Waals surface area contributed by atoms with Gasteiger partial charge in [0.2, 0.25) is 0 Å². The van der Waals surface area contributed by atoms with Gasteiger partial charge < -0.3 is 0 Å². The van der Waals surface area contributed by atoms with Gasteiger partial charge in [0.05, 0.1) is 0 Å². The first-order valence-corrected chi connectivity index (χ1v) is 15.7. The molecular formula is C15H12I2Ti. The molecule has 3 heteroatoms. The second-order valence-electron chi connectivity index (χ2n) is 3.95. The molecule has 0 saturated carbocycles. The molecule has 0 heterocycles. The third-order valence-electron chi connectivity index (χ3n) is 2.96. The van der Waals surface area contributed by atoms with E-state index in [1.807, 2.05) is 0 Å². The van der Waals surface area contributed by atoms with Crippen LogP contribution in [-0.2, 0) is 11.7 Å². The van der Waals surface area contributed by atoms with Gasteiger partial charge in [-0.1, -0.05) is 66.7 Å². The predicted molar refractivity (Wildman–Crippen MR) is 91.8 cm³/mol. The number of hydrogen-bond acceptors (Lipinski definition) is 0. The fraction of sp³-hybridized carbons (Fsp3) is 0.0667. The Morgan fingerprint density at radius 3 is 2.17 bits per heavy atom. The summed E-state index contributed by atoms with van der Waals surface area (Å²) in [6, 6.07) is 19.2. The third kappa shape index (κ3) is 3.68. The van der Waals surface area contributed by atoms with Gasteiger partial charge in [-0.2, -0.15) is 0 Å². The Morgan fingerprint density at radius 2 is 1.44 bits per heavy atom. The topological polar surface area (TPSA) is 0 Å². The van der Waals surface area contributed by atoms with Crippen molar-refractivity contribution in [1.82, 2.24) is 0 Å². The second kappa shape index (κ2) is 7.83. The van der Waals surface area contributed by atoms with Crippen molar-refractivity contribution in [2.75, 3.05) is 0 Å². The van der Waals surface area contributed by atoms with Gasteiger partial charge in [0.25, 0.3) is 0 Å². The summed E-state index contributed by atoms with van der Waals surface area (Å²) in [5.41, 5.74) is 4.15. The first-order valence-electron chi connectivity index (χ1n) is 5.65. The van der Waals surface area contributed by atoms with E-state index < -0.39 is 0 Å². The van der Waals surface area contributed by atoms with Crippen LogP contribution in [0.25, 0.3) is 6.08 Å². The Labute approximate surface area is 138 Å². The van der Waals surface area contributed by atoms with Crippen molar-refractivity contribution in [3.8, 4) is 0 Å². The molecule has 1 atom stereocenters. The van der Waals surface area contributed by atoms with Crippen LogP contribution in [-0.4, -0.2) is 0 Å². The molecule has 0 aliphatic heterocycles. The molecule has 0 radical (unpaired) electrons. The van der Waals surface area contributed by atoms with Gasteiger partial charge in [-0.15, -0.1) is 0 Å². The van der Waals surface area contributed by atoms with Crippen LogP contribution in [0.5, 0.6) is 0 Å². The Balaban J connectivity index is 0.000000367. The molecule has 2 aromatic carbocycles. The van der Waals surface area contributed by atoms with Crippen molar-refractivity contribution < 1.29 is 11.7 Å². The number of halogens is 2. The molecule has 0 aromatic heterocycles. The van der Waals surface area contributed by atoms with E-state index in [1.54, 1.807) is 0 Å². The van der Waals surface area contributed by atoms with Crippen molar-refractivity contribution in [3.63, 3.8) is 0 Å². The summed E-state index contributed by atoms with van der Waals surface area (Å²) in [6.45, 7) is 0. The molecule has 90 valence electrons. The van der Waals surface area contributed by atoms with Gasteiger partial charge in [0.15, 0.2) is 0 Å². The molecule has 1 unspecified atom stereocenters. The van der Waals surface area contributed by atoms with Gasteiger partial charge in [0.1, 0.15) is 0 Å². The van der Waals surface area contributed by atoms with Crippen molar-refractivity contribution in [2.24, 2.45) is 0 Å². The second-order valence-corrected chi connectivity index (χ2v) is 17.1. The molecule has 18 heavy (non-hydrogen) atoms. The molecule has 1 aliphatic carbocycles. The number of fused-ring (bicyclic) bond motifs is 1. The number of allylic oxidation sites excluding steroid dienone is 1. The summed E-state index contributed by atoms with van der Waals surface area (Å²) in [5, 5.41) is 0. The Kier molecular flexibility index (Phi) is 6.42. The van der Waals surface area contributed by atoms with Gasteiger partial charge >= 0.3 is 50.0 Å². The van der Waals surface area contributed by atoms with Crippen LogP contribution < -0.4 is 0 Å². The maximum atomic E-state index is 2.40. The zero-order valence-corrected chi connectivity index (χ0v) is 15.6. The van der Waals surface area contributed by atoms with Crippen LogP contribution in [0.2, 0.25) is 0 Å². The molecule has 0 fully saturated rings. The van der Waals surface area contributed by atoms with Crippen molar-refractivity contribution in [1.29, 1.82) is 0 Å². The quantitative estimate of drug-likeness (QED) is 0.357. The van der Waals surface area contributed by atoms with E-state index >= 15 is 0 Å². The number of benzene rings is 2. The summed E-state index contributed by atoms with van der Waals surface area (Å²) in [6.07, 6.45) is 4.49. The summed E-state index contributed by atoms with van der Waals surface area (Å²) in [4.78, 5) is 0. The Hall–Kier alpha value is 0.354. The van der Waals surface area contributed by atoms with E-state index in [0.717, 1.165) is 0 Å². The minimum absolute atomic E-state index is 0.440. The van der Waals surface area contributed by atoms with Crippen molar-refractivity contribution in [3.05, 3.63) is 77.4 Å². The van der Waals surface area contributed by atoms with E-state index in [1.165, 1.54) is 16.7 Å². The van der Waals surface area contributed by atoms with E-state index in [4.69, 9.17) is 0 Å². The Morgan fingerprint density at radius 1 is 0.833 bits per heavy atom. The molecule has 0 saturated heterocycles. The zero-order chi connectivity index (χ0) is 12.8. The average Bonchev–Trinajstić information content (AvgIpc) is 2.84. The normalized spacial score (nSPS) is 15.6. The van der Waals surface area contributed by atoms with Crippen LogP contribution in [0.15, 0.2) is 60.7 Å². The number of rotatable bonds is 1. The molecule has 0 bridgehead atoms. The predicted octanol–water partition coefficient (Wildman–Crippen LogP) is 5.61. The molecule has 0 nitrogen and oxygen atoms in total. The summed E-state index contributed by atoms with van der Waals surface area (Å²) in [5.74, 6) is 0.447. The van der Waals surface area contributed by atoms with Gasteiger partial charge in [-0.05, 0) is 16.7 Å². The van der Waals surface area contributed by atoms with Crippen LogP contribution in [0, 0.1) is 0 Å². The average molecular weight is 494 g/mol. The summed E-state index contributed by atoms with van der Waals surface area (Å²) < 4.78 is 0. The van der Waals surface area contributed by atoms with Crippen LogP contribution in [0.3, 0.4) is 0 Å². The molecule has 2 aromatic rings. The van der Waals surface area contributed by atoms with Crippen LogP contribution in [0.4, 0.5) is 0 Å². The van der Waals surface area contributed by atoms with E-state index in [-0.39, 0.29) is 0 Å². The van der Waals surface area contributed by atoms with Gasteiger partial charge in [-0.3, -0.25) is 0 Å².